The fourth-order valence-electron chi connectivity index (χ4n) is 3.62. The van der Waals surface area contributed by atoms with Gasteiger partial charge < -0.3 is 9.84 Å². The van der Waals surface area contributed by atoms with Crippen LogP contribution in [0.15, 0.2) is 40.9 Å². The molecular formula is C20H25N3O2. The van der Waals surface area contributed by atoms with E-state index in [1.807, 2.05) is 6.07 Å². The van der Waals surface area contributed by atoms with Crippen molar-refractivity contribution in [3.8, 4) is 0 Å². The molecule has 1 amide bonds. The van der Waals surface area contributed by atoms with E-state index < -0.39 is 0 Å². The molecule has 132 valence electrons. The average molecular weight is 339 g/mol. The minimum Gasteiger partial charge on any atom is -0.360 e. The van der Waals surface area contributed by atoms with E-state index in [0.29, 0.717) is 17.7 Å². The van der Waals surface area contributed by atoms with Crippen LogP contribution < -0.4 is 5.32 Å². The number of piperidine rings is 1. The van der Waals surface area contributed by atoms with Gasteiger partial charge in [0, 0.05) is 37.2 Å². The van der Waals surface area contributed by atoms with Crippen LogP contribution in [0.1, 0.15) is 60.3 Å². The third-order valence-corrected chi connectivity index (χ3v) is 5.32. The number of carbonyl (C=O) groups is 1. The number of carbonyl (C=O) groups excluding carboxylic acids is 1. The van der Waals surface area contributed by atoms with Crippen LogP contribution in [-0.4, -0.2) is 34.6 Å². The largest absolute Gasteiger partial charge is 0.360 e. The first-order valence-electron chi connectivity index (χ1n) is 9.24. The number of likely N-dealkylation sites (tertiary alicyclic amines) is 1. The summed E-state index contributed by atoms with van der Waals surface area (Å²) in [5.41, 5.74) is 1.76. The Balaban J connectivity index is 1.30. The Labute approximate surface area is 148 Å². The minimum absolute atomic E-state index is 0.107. The van der Waals surface area contributed by atoms with Gasteiger partial charge in [0.2, 0.25) is 0 Å². The molecule has 1 aromatic carbocycles. The Morgan fingerprint density at radius 1 is 1.28 bits per heavy atom. The molecule has 2 heterocycles. The molecule has 0 unspecified atom stereocenters. The first kappa shape index (κ1) is 16.3. The van der Waals surface area contributed by atoms with Gasteiger partial charge in [0.1, 0.15) is 5.76 Å². The highest BCUT2D eigenvalue weighted by molar-refractivity contribution is 5.92. The Morgan fingerprint density at radius 3 is 2.80 bits per heavy atom. The van der Waals surface area contributed by atoms with Crippen LogP contribution in [0.25, 0.3) is 0 Å². The number of aromatic nitrogens is 1. The summed E-state index contributed by atoms with van der Waals surface area (Å²) in [6.07, 6.45) is 4.23. The molecule has 2 aromatic rings. The lowest BCUT2D eigenvalue weighted by atomic mass is 9.97. The fraction of sp³-hybridized carbons (Fsp3) is 0.500. The molecule has 0 spiro atoms. The first-order chi connectivity index (χ1) is 12.2. The molecular weight excluding hydrogens is 314 g/mol. The summed E-state index contributed by atoms with van der Waals surface area (Å²) >= 11 is 0. The van der Waals surface area contributed by atoms with Crippen molar-refractivity contribution in [2.24, 2.45) is 0 Å². The lowest BCUT2D eigenvalue weighted by Crippen LogP contribution is -2.48. The number of rotatable bonds is 5. The number of amides is 1. The highest BCUT2D eigenvalue weighted by Gasteiger charge is 2.30. The number of hydrogen-bond donors (Lipinski definition) is 1. The maximum atomic E-state index is 12.4. The number of benzene rings is 1. The number of hydrogen-bond acceptors (Lipinski definition) is 4. The van der Waals surface area contributed by atoms with Gasteiger partial charge >= 0.3 is 0 Å². The predicted molar refractivity (Wildman–Crippen MR) is 95.3 cm³/mol. The maximum Gasteiger partial charge on any atom is 0.273 e. The molecule has 1 saturated heterocycles. The van der Waals surface area contributed by atoms with Crippen molar-refractivity contribution in [1.82, 2.24) is 15.4 Å². The van der Waals surface area contributed by atoms with Crippen molar-refractivity contribution in [2.45, 2.75) is 57.2 Å². The standard InChI is InChI=1S/C20H25N3O2/c1-14-11-17(9-10-23(14)13-15-5-3-2-4-6-15)21-20(24)18-12-19(25-22-18)16-7-8-16/h2-6,12,14,16-17H,7-11,13H2,1H3,(H,21,24)/t14-,17+/m1/s1. The van der Waals surface area contributed by atoms with Crippen LogP contribution in [0.4, 0.5) is 0 Å². The molecule has 5 heteroatoms. The molecule has 1 N–H and O–H groups in total. The Morgan fingerprint density at radius 2 is 2.08 bits per heavy atom. The zero-order valence-electron chi connectivity index (χ0n) is 14.6. The van der Waals surface area contributed by atoms with Crippen molar-refractivity contribution in [1.29, 1.82) is 0 Å². The summed E-state index contributed by atoms with van der Waals surface area (Å²) in [6, 6.07) is 13.0. The van der Waals surface area contributed by atoms with Crippen LogP contribution in [0.2, 0.25) is 0 Å². The summed E-state index contributed by atoms with van der Waals surface area (Å²) in [6.45, 7) is 4.20. The Bertz CT molecular complexity index is 724. The normalized spacial score (nSPS) is 24.2. The van der Waals surface area contributed by atoms with Crippen LogP contribution in [0.3, 0.4) is 0 Å². The number of nitrogens with zero attached hydrogens (tertiary/aromatic N) is 2. The van der Waals surface area contributed by atoms with E-state index in [1.54, 1.807) is 6.07 Å². The average Bonchev–Trinajstić information content (AvgIpc) is 3.35. The van der Waals surface area contributed by atoms with E-state index >= 15 is 0 Å². The molecule has 1 aliphatic heterocycles. The SMILES string of the molecule is C[C@@H]1C[C@@H](NC(=O)c2cc(C3CC3)on2)CCN1Cc1ccccc1. The topological polar surface area (TPSA) is 58.4 Å². The molecule has 1 aliphatic carbocycles. The third-order valence-electron chi connectivity index (χ3n) is 5.32. The Hall–Kier alpha value is -2.14. The van der Waals surface area contributed by atoms with Gasteiger partial charge in [0.15, 0.2) is 5.69 Å². The molecule has 1 saturated carbocycles. The van der Waals surface area contributed by atoms with E-state index in [2.05, 4.69) is 46.6 Å². The van der Waals surface area contributed by atoms with E-state index in [-0.39, 0.29) is 11.9 Å². The summed E-state index contributed by atoms with van der Waals surface area (Å²) in [7, 11) is 0. The predicted octanol–water partition coefficient (Wildman–Crippen LogP) is 3.33. The smallest absolute Gasteiger partial charge is 0.273 e. The van der Waals surface area contributed by atoms with Gasteiger partial charge in [0.25, 0.3) is 5.91 Å². The maximum absolute atomic E-state index is 12.4. The molecule has 25 heavy (non-hydrogen) atoms. The fourth-order valence-corrected chi connectivity index (χ4v) is 3.62. The van der Waals surface area contributed by atoms with Crippen molar-refractivity contribution in [3.05, 3.63) is 53.4 Å². The first-order valence-corrected chi connectivity index (χ1v) is 9.24. The van der Waals surface area contributed by atoms with E-state index in [1.165, 1.54) is 5.56 Å². The molecule has 5 nitrogen and oxygen atoms in total. The zero-order valence-corrected chi connectivity index (χ0v) is 14.6. The summed E-state index contributed by atoms with van der Waals surface area (Å²) < 4.78 is 5.28. The van der Waals surface area contributed by atoms with Crippen molar-refractivity contribution in [3.63, 3.8) is 0 Å². The molecule has 2 atom stereocenters. The highest BCUT2D eigenvalue weighted by atomic mass is 16.5. The third kappa shape index (κ3) is 3.93. The van der Waals surface area contributed by atoms with Gasteiger partial charge in [-0.1, -0.05) is 35.5 Å². The van der Waals surface area contributed by atoms with Crippen LogP contribution in [-0.2, 0) is 6.54 Å². The summed E-state index contributed by atoms with van der Waals surface area (Å²) in [5, 5.41) is 7.07. The van der Waals surface area contributed by atoms with Gasteiger partial charge in [-0.25, -0.2) is 0 Å². The van der Waals surface area contributed by atoms with Gasteiger partial charge in [-0.15, -0.1) is 0 Å². The van der Waals surface area contributed by atoms with Gasteiger partial charge in [-0.3, -0.25) is 9.69 Å². The van der Waals surface area contributed by atoms with Crippen molar-refractivity contribution in [2.75, 3.05) is 6.54 Å². The molecule has 4 rings (SSSR count). The lowest BCUT2D eigenvalue weighted by Gasteiger charge is -2.37. The van der Waals surface area contributed by atoms with Crippen LogP contribution in [0.5, 0.6) is 0 Å². The molecule has 0 bridgehead atoms. The lowest BCUT2D eigenvalue weighted by molar-refractivity contribution is 0.0858. The highest BCUT2D eigenvalue weighted by Crippen LogP contribution is 2.40. The molecule has 2 fully saturated rings. The van der Waals surface area contributed by atoms with Gasteiger partial charge in [-0.05, 0) is 38.2 Å². The van der Waals surface area contributed by atoms with E-state index in [9.17, 15) is 4.79 Å². The summed E-state index contributed by atoms with van der Waals surface area (Å²) in [5.74, 6) is 1.23. The second-order valence-corrected chi connectivity index (χ2v) is 7.39. The quantitative estimate of drug-likeness (QED) is 0.908. The summed E-state index contributed by atoms with van der Waals surface area (Å²) in [4.78, 5) is 14.9. The zero-order chi connectivity index (χ0) is 17.2. The molecule has 0 radical (unpaired) electrons. The van der Waals surface area contributed by atoms with E-state index in [4.69, 9.17) is 4.52 Å². The number of nitrogens with one attached hydrogen (secondary N) is 1. The second kappa shape index (κ2) is 7.00. The van der Waals surface area contributed by atoms with Gasteiger partial charge in [-0.2, -0.15) is 0 Å². The molecule has 1 aromatic heterocycles. The van der Waals surface area contributed by atoms with Crippen molar-refractivity contribution >= 4 is 5.91 Å². The van der Waals surface area contributed by atoms with Crippen LogP contribution in [0, 0.1) is 0 Å². The molecule has 2 aliphatic rings. The Kier molecular flexibility index (Phi) is 4.57. The van der Waals surface area contributed by atoms with Crippen LogP contribution >= 0.6 is 0 Å². The minimum atomic E-state index is -0.107. The van der Waals surface area contributed by atoms with Gasteiger partial charge in [0.05, 0.1) is 0 Å². The second-order valence-electron chi connectivity index (χ2n) is 7.39. The monoisotopic (exact) mass is 339 g/mol. The van der Waals surface area contributed by atoms with E-state index in [0.717, 1.165) is 44.5 Å². The van der Waals surface area contributed by atoms with Crippen molar-refractivity contribution < 1.29 is 9.32 Å².